The van der Waals surface area contributed by atoms with E-state index in [1.54, 1.807) is 6.07 Å². The maximum atomic E-state index is 13.7. The van der Waals surface area contributed by atoms with Crippen molar-refractivity contribution in [1.82, 2.24) is 15.2 Å². The number of aromatic amines is 1. The van der Waals surface area contributed by atoms with Crippen LogP contribution in [0.4, 0.5) is 18.9 Å². The molecule has 4 nitrogen and oxygen atoms in total. The molecule has 0 bridgehead atoms. The third kappa shape index (κ3) is 2.90. The van der Waals surface area contributed by atoms with Gasteiger partial charge in [0, 0.05) is 17.7 Å². The molecular weight excluding hydrogens is 305 g/mol. The number of nitrogens with zero attached hydrogens (tertiary/aromatic N) is 2. The van der Waals surface area contributed by atoms with E-state index < -0.39 is 17.5 Å². The molecule has 0 aliphatic carbocycles. The molecule has 23 heavy (non-hydrogen) atoms. The van der Waals surface area contributed by atoms with Gasteiger partial charge in [-0.25, -0.2) is 18.2 Å². The number of nitrogens with one attached hydrogen (secondary N) is 1. The van der Waals surface area contributed by atoms with Crippen LogP contribution in [0.25, 0.3) is 11.4 Å². The molecule has 3 rings (SSSR count). The normalized spacial score (nSPS) is 11.0. The van der Waals surface area contributed by atoms with Crippen LogP contribution >= 0.6 is 0 Å². The summed E-state index contributed by atoms with van der Waals surface area (Å²) in [5, 5.41) is 6.70. The number of hydrogen-bond donors (Lipinski definition) is 2. The van der Waals surface area contributed by atoms with Crippen molar-refractivity contribution in [3.8, 4) is 11.4 Å². The van der Waals surface area contributed by atoms with Crippen LogP contribution in [-0.4, -0.2) is 15.2 Å². The minimum atomic E-state index is -1.49. The molecule has 0 atom stereocenters. The number of aromatic nitrogens is 3. The molecule has 118 valence electrons. The molecule has 0 saturated heterocycles. The summed E-state index contributed by atoms with van der Waals surface area (Å²) >= 11 is 0. The SMILES string of the molecule is Cc1ccc(-c2n[nH]c(Cc3ccc(F)c(F)c3F)n2)cc1N. The van der Waals surface area contributed by atoms with Crippen LogP contribution in [0.5, 0.6) is 0 Å². The molecule has 0 saturated carbocycles. The Labute approximate surface area is 130 Å². The van der Waals surface area contributed by atoms with Gasteiger partial charge in [0.1, 0.15) is 5.82 Å². The first-order chi connectivity index (χ1) is 11.0. The molecule has 2 aromatic carbocycles. The van der Waals surface area contributed by atoms with Crippen LogP contribution in [0.15, 0.2) is 30.3 Å². The fraction of sp³-hybridized carbons (Fsp3) is 0.125. The van der Waals surface area contributed by atoms with Gasteiger partial charge in [-0.05, 0) is 30.2 Å². The van der Waals surface area contributed by atoms with E-state index in [0.717, 1.165) is 11.6 Å². The highest BCUT2D eigenvalue weighted by Crippen LogP contribution is 2.22. The lowest BCUT2D eigenvalue weighted by Crippen LogP contribution is -2.00. The van der Waals surface area contributed by atoms with Crippen LogP contribution in [0.3, 0.4) is 0 Å². The number of aryl methyl sites for hydroxylation is 1. The van der Waals surface area contributed by atoms with Crippen molar-refractivity contribution in [2.75, 3.05) is 5.73 Å². The van der Waals surface area contributed by atoms with E-state index in [0.29, 0.717) is 22.9 Å². The molecule has 0 unspecified atom stereocenters. The van der Waals surface area contributed by atoms with Gasteiger partial charge in [0.2, 0.25) is 0 Å². The van der Waals surface area contributed by atoms with Gasteiger partial charge in [-0.3, -0.25) is 5.10 Å². The zero-order chi connectivity index (χ0) is 16.6. The van der Waals surface area contributed by atoms with E-state index in [-0.39, 0.29) is 12.0 Å². The van der Waals surface area contributed by atoms with Crippen molar-refractivity contribution in [2.24, 2.45) is 0 Å². The Morgan fingerprint density at radius 3 is 2.61 bits per heavy atom. The molecule has 1 aromatic heterocycles. The van der Waals surface area contributed by atoms with Crippen molar-refractivity contribution in [2.45, 2.75) is 13.3 Å². The Balaban J connectivity index is 1.88. The van der Waals surface area contributed by atoms with Gasteiger partial charge < -0.3 is 5.73 Å². The summed E-state index contributed by atoms with van der Waals surface area (Å²) in [6, 6.07) is 7.46. The Bertz CT molecular complexity index is 874. The summed E-state index contributed by atoms with van der Waals surface area (Å²) in [6.07, 6.45) is -0.0304. The van der Waals surface area contributed by atoms with Crippen molar-refractivity contribution >= 4 is 5.69 Å². The number of hydrogen-bond acceptors (Lipinski definition) is 3. The zero-order valence-corrected chi connectivity index (χ0v) is 12.2. The van der Waals surface area contributed by atoms with Crippen LogP contribution in [0, 0.1) is 24.4 Å². The lowest BCUT2D eigenvalue weighted by atomic mass is 10.1. The molecule has 7 heteroatoms. The minimum Gasteiger partial charge on any atom is -0.398 e. The van der Waals surface area contributed by atoms with Crippen LogP contribution in [-0.2, 0) is 6.42 Å². The van der Waals surface area contributed by atoms with Crippen molar-refractivity contribution in [1.29, 1.82) is 0 Å². The predicted molar refractivity (Wildman–Crippen MR) is 80.1 cm³/mol. The van der Waals surface area contributed by atoms with Crippen molar-refractivity contribution in [3.63, 3.8) is 0 Å². The first kappa shape index (κ1) is 15.1. The average molecular weight is 318 g/mol. The number of rotatable bonds is 3. The van der Waals surface area contributed by atoms with Gasteiger partial charge in [-0.15, -0.1) is 0 Å². The lowest BCUT2D eigenvalue weighted by Gasteiger charge is -2.02. The van der Waals surface area contributed by atoms with Gasteiger partial charge >= 0.3 is 0 Å². The number of H-pyrrole nitrogens is 1. The van der Waals surface area contributed by atoms with E-state index >= 15 is 0 Å². The molecule has 3 N–H and O–H groups in total. The van der Waals surface area contributed by atoms with Crippen molar-refractivity contribution < 1.29 is 13.2 Å². The first-order valence-corrected chi connectivity index (χ1v) is 6.86. The van der Waals surface area contributed by atoms with Crippen molar-refractivity contribution in [3.05, 3.63) is 64.7 Å². The third-order valence-electron chi connectivity index (χ3n) is 3.54. The summed E-state index contributed by atoms with van der Waals surface area (Å²) < 4.78 is 39.8. The van der Waals surface area contributed by atoms with Crippen LogP contribution < -0.4 is 5.73 Å². The second-order valence-electron chi connectivity index (χ2n) is 5.19. The molecule has 0 spiro atoms. The maximum Gasteiger partial charge on any atom is 0.194 e. The monoisotopic (exact) mass is 318 g/mol. The summed E-state index contributed by atoms with van der Waals surface area (Å²) in [7, 11) is 0. The van der Waals surface area contributed by atoms with Crippen LogP contribution in [0.2, 0.25) is 0 Å². The van der Waals surface area contributed by atoms with E-state index in [4.69, 9.17) is 5.73 Å². The number of benzene rings is 2. The third-order valence-corrected chi connectivity index (χ3v) is 3.54. The number of anilines is 1. The predicted octanol–water partition coefficient (Wildman–Crippen LogP) is 3.37. The second-order valence-corrected chi connectivity index (χ2v) is 5.19. The Hall–Kier alpha value is -2.83. The Morgan fingerprint density at radius 1 is 1.09 bits per heavy atom. The highest BCUT2D eigenvalue weighted by atomic mass is 19.2. The summed E-state index contributed by atoms with van der Waals surface area (Å²) in [4.78, 5) is 4.23. The molecular formula is C16H13F3N4. The largest absolute Gasteiger partial charge is 0.398 e. The van der Waals surface area contributed by atoms with Gasteiger partial charge in [-0.2, -0.15) is 5.10 Å². The fourth-order valence-electron chi connectivity index (χ4n) is 2.17. The molecule has 0 amide bonds. The van der Waals surface area contributed by atoms with Gasteiger partial charge in [0.25, 0.3) is 0 Å². The minimum absolute atomic E-state index is 0.00461. The van der Waals surface area contributed by atoms with E-state index in [1.165, 1.54) is 6.07 Å². The van der Waals surface area contributed by atoms with E-state index in [1.807, 2.05) is 19.1 Å². The molecule has 0 fully saturated rings. The first-order valence-electron chi connectivity index (χ1n) is 6.86. The highest BCUT2D eigenvalue weighted by molar-refractivity contribution is 5.63. The zero-order valence-electron chi connectivity index (χ0n) is 12.2. The van der Waals surface area contributed by atoms with Gasteiger partial charge in [0.15, 0.2) is 23.3 Å². The highest BCUT2D eigenvalue weighted by Gasteiger charge is 2.15. The summed E-state index contributed by atoms with van der Waals surface area (Å²) in [5.74, 6) is -3.20. The summed E-state index contributed by atoms with van der Waals surface area (Å²) in [5.41, 5.74) is 8.10. The number of nitrogens with two attached hydrogens (primary N) is 1. The topological polar surface area (TPSA) is 67.6 Å². The van der Waals surface area contributed by atoms with Gasteiger partial charge in [0.05, 0.1) is 0 Å². The summed E-state index contributed by atoms with van der Waals surface area (Å²) in [6.45, 7) is 1.88. The fourth-order valence-corrected chi connectivity index (χ4v) is 2.17. The Morgan fingerprint density at radius 2 is 1.87 bits per heavy atom. The van der Waals surface area contributed by atoms with Crippen LogP contribution in [0.1, 0.15) is 17.0 Å². The molecule has 1 heterocycles. The van der Waals surface area contributed by atoms with E-state index in [2.05, 4.69) is 15.2 Å². The molecule has 0 aliphatic heterocycles. The second kappa shape index (κ2) is 5.75. The maximum absolute atomic E-state index is 13.7. The van der Waals surface area contributed by atoms with Gasteiger partial charge in [-0.1, -0.05) is 18.2 Å². The average Bonchev–Trinajstić information content (AvgIpc) is 2.99. The van der Waals surface area contributed by atoms with E-state index in [9.17, 15) is 13.2 Å². The lowest BCUT2D eigenvalue weighted by molar-refractivity contribution is 0.441. The molecule has 0 radical (unpaired) electrons. The molecule has 0 aliphatic rings. The standard InChI is InChI=1S/C16H13F3N4/c1-8-2-3-10(6-12(8)20)16-21-13(22-23-16)7-9-4-5-11(17)15(19)14(9)18/h2-6H,7,20H2,1H3,(H,21,22,23). The number of halogens is 3. The quantitative estimate of drug-likeness (QED) is 0.575. The Kier molecular flexibility index (Phi) is 3.77. The smallest absolute Gasteiger partial charge is 0.194 e. The molecule has 3 aromatic rings. The number of nitrogen functional groups attached to an aromatic ring is 1.